The molecule has 1 saturated heterocycles. The first-order valence-corrected chi connectivity index (χ1v) is 45.3. The van der Waals surface area contributed by atoms with Gasteiger partial charge in [0.25, 0.3) is 0 Å². The monoisotopic (exact) mass is 1740 g/mol. The Hall–Kier alpha value is -9.13. The number of thioether (sulfide) groups is 2. The highest BCUT2D eigenvalue weighted by Crippen LogP contribution is 2.37. The summed E-state index contributed by atoms with van der Waals surface area (Å²) in [5, 5.41) is 63.6. The summed E-state index contributed by atoms with van der Waals surface area (Å²) in [6.07, 6.45) is 14.2. The quantitative estimate of drug-likeness (QED) is 0.0402. The fraction of sp³-hybridized carbons (Fsp3) is 0.726. The van der Waals surface area contributed by atoms with Gasteiger partial charge in [0.05, 0.1) is 31.2 Å². The van der Waals surface area contributed by atoms with Crippen LogP contribution in [0.3, 0.4) is 0 Å². The number of aliphatic hydroxyl groups excluding tert-OH is 1. The Morgan fingerprint density at radius 2 is 1.19 bits per heavy atom. The highest BCUT2D eigenvalue weighted by atomic mass is 32.2. The number of carboxylic acids is 3. The molecule has 678 valence electrons. The molecular formula is C84H133N13O22S2. The van der Waals surface area contributed by atoms with Crippen molar-refractivity contribution < 1.29 is 107 Å². The summed E-state index contributed by atoms with van der Waals surface area (Å²) < 4.78 is 0. The summed E-state index contributed by atoms with van der Waals surface area (Å²) in [5.74, 6) is -23.8. The Morgan fingerprint density at radius 3 is 1.77 bits per heavy atom. The number of carbonyl (C=O) groups excluding carboxylic acids is 15. The van der Waals surface area contributed by atoms with Crippen molar-refractivity contribution in [2.45, 2.75) is 319 Å². The Kier molecular flexibility index (Phi) is 48.7. The second kappa shape index (κ2) is 56.5. The van der Waals surface area contributed by atoms with Gasteiger partial charge in [0, 0.05) is 117 Å². The van der Waals surface area contributed by atoms with Gasteiger partial charge >= 0.3 is 17.9 Å². The highest BCUT2D eigenvalue weighted by molar-refractivity contribution is 7.98. The third kappa shape index (κ3) is 40.6. The molecular weight excluding hydrogens is 1610 g/mol. The van der Waals surface area contributed by atoms with E-state index < -0.39 is 236 Å². The average Bonchev–Trinajstić information content (AvgIpc) is 1.81. The molecule has 0 aromatic carbocycles. The lowest BCUT2D eigenvalue weighted by Crippen LogP contribution is -2.59. The SMILES string of the molecule is CCCCCCCCCCCCCCCCCC(=O)NCCC(=O)N[C@@H](CC(C)C)C(=O)C[C@@H](CCC(N)=O)C(=O)N[C@H]1CSCc2cncc(c2)CSC[C@@H](C(=O)N[C@@H](CC(C)C)C(=O)N2CCC[C@H]2C(N)=O)NC(=O)[C@H](CCC(=O)O)NC(=O)CNC(=O)[C@H]([C@@H](C)O)NC(=O)[C@H](CCC(=O)O)CC(=O)[C@@H]2CCCC2C(=O)[C@H](CC(=O)O)NC1=O. The van der Waals surface area contributed by atoms with E-state index in [1.54, 1.807) is 33.8 Å². The van der Waals surface area contributed by atoms with Gasteiger partial charge in [-0.2, -0.15) is 23.5 Å². The molecule has 13 atom stereocenters. The number of hydrogen-bond acceptors (Lipinski definition) is 22. The molecule has 12 amide bonds. The number of primary amides is 2. The molecule has 3 heterocycles. The van der Waals surface area contributed by atoms with Crippen molar-refractivity contribution in [2.75, 3.05) is 31.1 Å². The third-order valence-corrected chi connectivity index (χ3v) is 23.9. The van der Waals surface area contributed by atoms with Gasteiger partial charge in [0.15, 0.2) is 11.6 Å². The van der Waals surface area contributed by atoms with Crippen LogP contribution in [0.2, 0.25) is 0 Å². The molecule has 121 heavy (non-hydrogen) atoms. The van der Waals surface area contributed by atoms with E-state index in [0.29, 0.717) is 24.0 Å². The maximum Gasteiger partial charge on any atom is 0.305 e. The van der Waals surface area contributed by atoms with Crippen molar-refractivity contribution in [1.29, 1.82) is 0 Å². The fourth-order valence-electron chi connectivity index (χ4n) is 15.2. The molecule has 2 fully saturated rings. The standard InChI is InChI=1S/C84H133N13O22S2/c1-7-8-9-10-11-12-13-14-15-16-17-18-19-20-21-27-69(102)88-35-34-70(103)91-60(37-50(2)3)67(100)41-55(28-31-68(85)101)78(113)94-63-48-120-46-53-39-54(44-87-43-53)47-121-49-64(82(117)93-62(38-51(4)5)84(119)97-36-23-26-65(97)77(86)112)95-80(115)59(30-33-73(107)108)90-71(104)45-89-83(118)75(52(6)98)96-79(114)56(29-32-72(105)106)40-66(99)57-24-22-25-58(57)76(111)61(42-74(109)110)92-81(63)116/h39,43-44,50-52,55-65,75,98H,7-38,40-42,45-49H2,1-6H3,(H2,85,101)(H2,86,112)(H,88,102)(H,89,118)(H,90,104)(H,91,103)(H,92,116)(H,93,117)(H,94,113)(H,95,115)(H,96,114)(H,105,106)(H,107,108)(H,109,110)/t52-,55-,56-,57-,58?,59+,60+,61+,62+,63+,64+,65+,75+/m1/s1. The zero-order valence-corrected chi connectivity index (χ0v) is 72.8. The van der Waals surface area contributed by atoms with Crippen molar-refractivity contribution >= 4 is 130 Å². The lowest BCUT2D eigenvalue weighted by atomic mass is 9.81. The predicted octanol–water partition coefficient (Wildman–Crippen LogP) is 4.39. The number of ketones is 3. The van der Waals surface area contributed by atoms with Crippen LogP contribution in [-0.4, -0.2) is 222 Å². The third-order valence-electron chi connectivity index (χ3n) is 21.7. The van der Waals surface area contributed by atoms with Crippen LogP contribution in [0.15, 0.2) is 18.5 Å². The van der Waals surface area contributed by atoms with Gasteiger partial charge in [-0.3, -0.25) is 91.3 Å². The summed E-state index contributed by atoms with van der Waals surface area (Å²) in [6.45, 7) is 9.62. The summed E-state index contributed by atoms with van der Waals surface area (Å²) in [5.41, 5.74) is 12.3. The molecule has 1 saturated carbocycles. The van der Waals surface area contributed by atoms with E-state index in [4.69, 9.17) is 11.5 Å². The van der Waals surface area contributed by atoms with Gasteiger partial charge in [-0.25, -0.2) is 0 Å². The number of aliphatic carboxylic acids is 3. The number of likely N-dealkylation sites (tertiary alicyclic amines) is 1. The van der Waals surface area contributed by atoms with Crippen molar-refractivity contribution in [1.82, 2.24) is 57.7 Å². The number of hydrogen-bond donors (Lipinski definition) is 15. The zero-order valence-electron chi connectivity index (χ0n) is 71.2. The van der Waals surface area contributed by atoms with Crippen LogP contribution in [0.25, 0.3) is 0 Å². The molecule has 2 aliphatic heterocycles. The smallest absolute Gasteiger partial charge is 0.305 e. The molecule has 1 aromatic rings. The second-order valence-electron chi connectivity index (χ2n) is 33.1. The zero-order chi connectivity index (χ0) is 89.7. The lowest BCUT2D eigenvalue weighted by molar-refractivity contribution is -0.143. The van der Waals surface area contributed by atoms with E-state index in [0.717, 1.165) is 56.1 Å². The van der Waals surface area contributed by atoms with Gasteiger partial charge < -0.3 is 84.6 Å². The number of nitrogens with zero attached hydrogens (tertiary/aromatic N) is 2. The van der Waals surface area contributed by atoms with E-state index >= 15 is 4.79 Å². The van der Waals surface area contributed by atoms with Crippen LogP contribution in [0.4, 0.5) is 0 Å². The first kappa shape index (κ1) is 104. The van der Waals surface area contributed by atoms with Gasteiger partial charge in [0.2, 0.25) is 70.9 Å². The van der Waals surface area contributed by atoms with Crippen LogP contribution < -0.4 is 59.3 Å². The summed E-state index contributed by atoms with van der Waals surface area (Å²) in [7, 11) is 0. The van der Waals surface area contributed by atoms with E-state index in [9.17, 15) is 102 Å². The molecule has 1 unspecified atom stereocenters. The molecule has 4 rings (SSSR count). The number of nitrogens with two attached hydrogens (primary N) is 2. The second-order valence-corrected chi connectivity index (χ2v) is 35.1. The highest BCUT2D eigenvalue weighted by Gasteiger charge is 2.45. The van der Waals surface area contributed by atoms with Crippen molar-refractivity contribution in [3.8, 4) is 0 Å². The maximum absolute atomic E-state index is 15.0. The number of fused-ring (bicyclic) bond motifs is 3. The number of nitrogens with one attached hydrogen (secondary N) is 9. The number of aromatic nitrogens is 1. The van der Waals surface area contributed by atoms with Crippen molar-refractivity contribution in [2.24, 2.45) is 47.0 Å². The number of unbranched alkanes of at least 4 members (excludes halogenated alkanes) is 14. The van der Waals surface area contributed by atoms with E-state index in [-0.39, 0.29) is 112 Å². The maximum atomic E-state index is 15.0. The summed E-state index contributed by atoms with van der Waals surface area (Å²) >= 11 is 2.12. The minimum absolute atomic E-state index is 0.00188. The number of carbonyl (C=O) groups is 18. The van der Waals surface area contributed by atoms with Crippen molar-refractivity contribution in [3.63, 3.8) is 0 Å². The fourth-order valence-corrected chi connectivity index (χ4v) is 17.1. The normalized spacial score (nSPS) is 21.9. The molecule has 35 nitrogen and oxygen atoms in total. The van der Waals surface area contributed by atoms with Gasteiger partial charge in [-0.1, -0.05) is 137 Å². The van der Waals surface area contributed by atoms with Crippen LogP contribution >= 0.6 is 23.5 Å². The molecule has 0 spiro atoms. The number of amides is 12. The Balaban J connectivity index is 1.71. The Bertz CT molecular complexity index is 3640. The molecule has 37 heteroatoms. The van der Waals surface area contributed by atoms with Gasteiger partial charge in [-0.15, -0.1) is 0 Å². The molecule has 0 radical (unpaired) electrons. The minimum atomic E-state index is -1.92. The number of aliphatic hydroxyl groups is 1. The first-order valence-electron chi connectivity index (χ1n) is 43.0. The average molecular weight is 1740 g/mol. The number of pyridine rings is 1. The predicted molar refractivity (Wildman–Crippen MR) is 451 cm³/mol. The summed E-state index contributed by atoms with van der Waals surface area (Å²) in [6, 6.07) is -10.5. The molecule has 1 aliphatic carbocycles. The Morgan fingerprint density at radius 1 is 0.603 bits per heavy atom. The first-order chi connectivity index (χ1) is 57.5. The summed E-state index contributed by atoms with van der Waals surface area (Å²) in [4.78, 5) is 253. The van der Waals surface area contributed by atoms with Crippen LogP contribution in [0.5, 0.6) is 0 Å². The number of Topliss-reactive ketones (excluding diaryl/α,β-unsaturated/α-hetero) is 3. The van der Waals surface area contributed by atoms with Crippen LogP contribution in [0, 0.1) is 35.5 Å². The van der Waals surface area contributed by atoms with E-state index in [1.165, 1.54) is 81.5 Å². The van der Waals surface area contributed by atoms with Crippen molar-refractivity contribution in [3.05, 3.63) is 29.6 Å². The molecule has 3 aliphatic rings. The largest absolute Gasteiger partial charge is 0.481 e. The van der Waals surface area contributed by atoms with E-state index in [1.807, 2.05) is 0 Å². The van der Waals surface area contributed by atoms with Crippen LogP contribution in [-0.2, 0) is 97.8 Å². The number of rotatable bonds is 45. The number of carboxylic acid groups (broad SMARTS) is 3. The Labute approximate surface area is 717 Å². The van der Waals surface area contributed by atoms with Gasteiger partial charge in [0.1, 0.15) is 42.0 Å². The molecule has 17 N–H and O–H groups in total. The molecule has 2 bridgehead atoms. The van der Waals surface area contributed by atoms with Gasteiger partial charge in [-0.05, 0) is 94.1 Å². The molecule has 1 aromatic heterocycles. The van der Waals surface area contributed by atoms with E-state index in [2.05, 4.69) is 59.8 Å². The minimum Gasteiger partial charge on any atom is -0.481 e. The topological polar surface area (TPSA) is 565 Å². The lowest BCUT2D eigenvalue weighted by Gasteiger charge is -2.30. The van der Waals surface area contributed by atoms with Crippen LogP contribution in [0.1, 0.15) is 265 Å².